The highest BCUT2D eigenvalue weighted by Crippen LogP contribution is 2.64. The van der Waals surface area contributed by atoms with Gasteiger partial charge in [0.25, 0.3) is 5.91 Å². The van der Waals surface area contributed by atoms with Crippen molar-refractivity contribution in [1.29, 1.82) is 0 Å². The van der Waals surface area contributed by atoms with Crippen LogP contribution in [0.3, 0.4) is 0 Å². The summed E-state index contributed by atoms with van der Waals surface area (Å²) in [5.74, 6) is -5.76. The van der Waals surface area contributed by atoms with Crippen LogP contribution in [-0.2, 0) is 37.6 Å². The molecule has 3 aromatic rings. The van der Waals surface area contributed by atoms with Crippen molar-refractivity contribution < 1.29 is 72.3 Å². The van der Waals surface area contributed by atoms with Gasteiger partial charge in [-0.05, 0) is 61.7 Å². The quantitative estimate of drug-likeness (QED) is 0.0653. The number of hydrogen-bond acceptors (Lipinski definition) is 13. The lowest BCUT2D eigenvalue weighted by Crippen LogP contribution is -2.81. The maximum Gasteiger partial charge on any atom is 0.471 e. The van der Waals surface area contributed by atoms with Crippen molar-refractivity contribution in [3.63, 3.8) is 0 Å². The molecule has 3 aromatic carbocycles. The van der Waals surface area contributed by atoms with Gasteiger partial charge in [-0.25, -0.2) is 9.36 Å². The zero-order chi connectivity index (χ0) is 45.0. The number of nitrogens with one attached hydrogen (secondary N) is 1. The van der Waals surface area contributed by atoms with Crippen molar-refractivity contribution in [3.05, 3.63) is 119 Å². The second kappa shape index (κ2) is 16.8. The molecule has 0 radical (unpaired) electrons. The number of phosphoric ester groups is 1. The molecule has 16 nitrogen and oxygen atoms in total. The van der Waals surface area contributed by atoms with Crippen LogP contribution in [-0.4, -0.2) is 104 Å². The number of ketones is 1. The molecule has 17 heteroatoms. The zero-order valence-electron chi connectivity index (χ0n) is 34.9. The Hall–Kier alpha value is -4.61. The second-order valence-electron chi connectivity index (χ2n) is 17.4. The molecule has 1 amide bonds. The van der Waals surface area contributed by atoms with Crippen molar-refractivity contribution >= 4 is 31.5 Å². The number of aliphatic hydroxyl groups is 3. The summed E-state index contributed by atoms with van der Waals surface area (Å²) in [7, 11) is -5.07. The van der Waals surface area contributed by atoms with Crippen LogP contribution in [0.2, 0.25) is 0 Å². The SMILES string of the molecule is CC1=C2C(O)C(=O)[C@]3(C)C(OCOP(=O)(O)O)CC4OC[C@@]4(O)C3C(OC(=O)c3ccccc3)C(O)(CC1OC(=O)[C@H](C)C(NC(=O)c1ccccc1)c1ccccc1)C2(C)C. The number of aliphatic hydroxyl groups excluding tert-OH is 1. The van der Waals surface area contributed by atoms with Gasteiger partial charge in [0, 0.05) is 29.7 Å². The van der Waals surface area contributed by atoms with E-state index in [2.05, 4.69) is 9.84 Å². The van der Waals surface area contributed by atoms with Gasteiger partial charge < -0.3 is 49.4 Å². The Balaban J connectivity index is 1.33. The van der Waals surface area contributed by atoms with Crippen LogP contribution in [0.4, 0.5) is 0 Å². The molecule has 7 rings (SSSR count). The van der Waals surface area contributed by atoms with Crippen molar-refractivity contribution in [2.45, 2.75) is 95.2 Å². The standard InChI is InChI=1S/C45H52NO15P/c1-25-30(60-40(50)26(2)34(27-15-9-6-10-16-27)46-39(49)28-17-11-7-12-18-28)22-45(53)38(61-41(51)29-19-13-8-14-20-29)36-43(5,37(48)35(47)33(25)42(45,3)4)31(58-24-59-62(54,55)56)21-32-44(36,52)23-57-32/h6-20,26,30-32,34-36,38,47,52-53H,21-24H2,1-5H3,(H,46,49)(H2,54,55,56)/t26-,30?,31?,32?,34?,35?,36?,38?,43-,44+,45?/m1/s1. The van der Waals surface area contributed by atoms with Crippen molar-refractivity contribution in [2.75, 3.05) is 13.4 Å². The molecule has 1 saturated heterocycles. The molecule has 11 atom stereocenters. The predicted molar refractivity (Wildman–Crippen MR) is 219 cm³/mol. The molecule has 3 fully saturated rings. The van der Waals surface area contributed by atoms with Gasteiger partial charge in [0.1, 0.15) is 29.5 Å². The van der Waals surface area contributed by atoms with Crippen LogP contribution in [0, 0.1) is 22.7 Å². The molecule has 0 aromatic heterocycles. The van der Waals surface area contributed by atoms with E-state index in [1.165, 1.54) is 19.1 Å². The summed E-state index contributed by atoms with van der Waals surface area (Å²) in [6.07, 6.45) is -8.36. The second-order valence-corrected chi connectivity index (χ2v) is 18.7. The summed E-state index contributed by atoms with van der Waals surface area (Å²) in [6.45, 7) is 6.24. The van der Waals surface area contributed by atoms with Crippen molar-refractivity contribution in [3.8, 4) is 0 Å². The number of carbonyl (C=O) groups is 4. The van der Waals surface area contributed by atoms with E-state index < -0.39 is 115 Å². The number of phosphoric acid groups is 1. The lowest BCUT2D eigenvalue weighted by molar-refractivity contribution is -0.349. The van der Waals surface area contributed by atoms with Crippen molar-refractivity contribution in [2.24, 2.45) is 22.7 Å². The monoisotopic (exact) mass is 877 g/mol. The summed E-state index contributed by atoms with van der Waals surface area (Å²) in [5, 5.41) is 41.4. The van der Waals surface area contributed by atoms with Crippen LogP contribution in [0.5, 0.6) is 0 Å². The van der Waals surface area contributed by atoms with Gasteiger partial charge in [0.15, 0.2) is 12.6 Å². The fourth-order valence-corrected chi connectivity index (χ4v) is 10.3. The molecule has 6 N–H and O–H groups in total. The Bertz CT molecular complexity index is 2270. The number of carbonyl (C=O) groups excluding carboxylic acids is 4. The normalized spacial score (nSPS) is 32.4. The lowest BCUT2D eigenvalue weighted by atomic mass is 9.44. The number of Topliss-reactive ketones (excluding diaryl/α,β-unsaturated/α-hetero) is 1. The fraction of sp³-hybridized carbons (Fsp3) is 0.467. The highest BCUT2D eigenvalue weighted by molar-refractivity contribution is 7.46. The van der Waals surface area contributed by atoms with E-state index >= 15 is 4.79 Å². The van der Waals surface area contributed by atoms with E-state index in [-0.39, 0.29) is 29.7 Å². The molecular formula is C45H52NO15P. The molecule has 3 aliphatic carbocycles. The molecule has 8 unspecified atom stereocenters. The Morgan fingerprint density at radius 2 is 1.48 bits per heavy atom. The predicted octanol–water partition coefficient (Wildman–Crippen LogP) is 3.96. The zero-order valence-corrected chi connectivity index (χ0v) is 35.8. The van der Waals surface area contributed by atoms with Crippen LogP contribution in [0.25, 0.3) is 0 Å². The third-order valence-corrected chi connectivity index (χ3v) is 14.1. The minimum atomic E-state index is -5.07. The van der Waals surface area contributed by atoms with Crippen LogP contribution < -0.4 is 5.32 Å². The van der Waals surface area contributed by atoms with Gasteiger partial charge in [-0.15, -0.1) is 0 Å². The third-order valence-electron chi connectivity index (χ3n) is 13.7. The van der Waals surface area contributed by atoms with E-state index in [1.54, 1.807) is 107 Å². The summed E-state index contributed by atoms with van der Waals surface area (Å²) in [6, 6.07) is 24.2. The average Bonchev–Trinajstić information content (AvgIpc) is 3.24. The molecule has 2 bridgehead atoms. The summed E-state index contributed by atoms with van der Waals surface area (Å²) >= 11 is 0. The van der Waals surface area contributed by atoms with Gasteiger partial charge in [0.05, 0.1) is 41.8 Å². The summed E-state index contributed by atoms with van der Waals surface area (Å²) in [5.41, 5.74) is -6.80. The third kappa shape index (κ3) is 7.86. The molecule has 1 heterocycles. The maximum absolute atomic E-state index is 15.2. The number of esters is 2. The summed E-state index contributed by atoms with van der Waals surface area (Å²) < 4.78 is 40.5. The molecule has 2 saturated carbocycles. The van der Waals surface area contributed by atoms with Crippen LogP contribution in [0.15, 0.2) is 102 Å². The number of fused-ring (bicyclic) bond motifs is 5. The fourth-order valence-electron chi connectivity index (χ4n) is 10.1. The smallest absolute Gasteiger partial charge is 0.457 e. The van der Waals surface area contributed by atoms with Crippen molar-refractivity contribution in [1.82, 2.24) is 5.32 Å². The Morgan fingerprint density at radius 3 is 2.05 bits per heavy atom. The van der Waals surface area contributed by atoms with E-state index in [0.29, 0.717) is 11.1 Å². The first-order valence-corrected chi connectivity index (χ1v) is 21.9. The number of amides is 1. The van der Waals surface area contributed by atoms with Gasteiger partial charge in [0.2, 0.25) is 0 Å². The first-order valence-electron chi connectivity index (χ1n) is 20.3. The highest BCUT2D eigenvalue weighted by Gasteiger charge is 2.76. The van der Waals surface area contributed by atoms with Crippen LogP contribution in [0.1, 0.15) is 79.8 Å². The van der Waals surface area contributed by atoms with Gasteiger partial charge in [-0.2, -0.15) is 0 Å². The maximum atomic E-state index is 15.2. The Kier molecular flexibility index (Phi) is 12.3. The minimum absolute atomic E-state index is 0.0386. The van der Waals surface area contributed by atoms with E-state index in [9.17, 15) is 44.1 Å². The van der Waals surface area contributed by atoms with E-state index in [4.69, 9.17) is 18.9 Å². The first kappa shape index (κ1) is 45.4. The topological polar surface area (TPSA) is 245 Å². The van der Waals surface area contributed by atoms with Gasteiger partial charge >= 0.3 is 19.8 Å². The van der Waals surface area contributed by atoms with E-state index in [1.807, 2.05) is 0 Å². The first-order chi connectivity index (χ1) is 29.1. The largest absolute Gasteiger partial charge is 0.471 e. The van der Waals surface area contributed by atoms with Gasteiger partial charge in [-0.1, -0.05) is 80.6 Å². The number of rotatable bonds is 12. The molecule has 62 heavy (non-hydrogen) atoms. The van der Waals surface area contributed by atoms with E-state index in [0.717, 1.165) is 0 Å². The van der Waals surface area contributed by atoms with Crippen LogP contribution >= 0.6 is 7.82 Å². The number of benzene rings is 3. The minimum Gasteiger partial charge on any atom is -0.457 e. The highest BCUT2D eigenvalue weighted by atomic mass is 31.2. The average molecular weight is 878 g/mol. The Labute approximate surface area is 358 Å². The number of ether oxygens (including phenoxy) is 4. The lowest BCUT2D eigenvalue weighted by Gasteiger charge is -2.67. The molecule has 4 aliphatic rings. The molecule has 332 valence electrons. The molecular weight excluding hydrogens is 825 g/mol. The van der Waals surface area contributed by atoms with Gasteiger partial charge in [-0.3, -0.25) is 18.9 Å². The molecule has 0 spiro atoms. The number of hydrogen-bond donors (Lipinski definition) is 6. The molecule has 1 aliphatic heterocycles. The summed E-state index contributed by atoms with van der Waals surface area (Å²) in [4.78, 5) is 76.2. The Morgan fingerprint density at radius 1 is 0.903 bits per heavy atom.